The Morgan fingerprint density at radius 2 is 1.79 bits per heavy atom. The third kappa shape index (κ3) is 3.66. The molecule has 166 valence electrons. The first-order valence-electron chi connectivity index (χ1n) is 12.3. The smallest absolute Gasteiger partial charge is 0.160 e. The van der Waals surface area contributed by atoms with E-state index in [9.17, 15) is 0 Å². The number of hydrogen-bond donors (Lipinski definition) is 0. The molecule has 5 aromatic rings. The van der Waals surface area contributed by atoms with E-state index < -0.39 is 6.85 Å². The predicted molar refractivity (Wildman–Crippen MR) is 126 cm³/mol. The Bertz CT molecular complexity index is 1540. The van der Waals surface area contributed by atoms with E-state index in [1.54, 1.807) is 27.6 Å². The lowest BCUT2D eigenvalue weighted by Gasteiger charge is -2.29. The molecule has 0 N–H and O–H groups in total. The maximum Gasteiger partial charge on any atom is 0.160 e. The average molecular weight is 444 g/mol. The van der Waals surface area contributed by atoms with Gasteiger partial charge < -0.3 is 9.64 Å². The summed E-state index contributed by atoms with van der Waals surface area (Å²) in [6.45, 7) is 0.581. The number of aryl methyl sites for hydroxylation is 2. The summed E-state index contributed by atoms with van der Waals surface area (Å²) in [7, 11) is 1.87. The highest BCUT2D eigenvalue weighted by Crippen LogP contribution is 2.26. The zero-order valence-electron chi connectivity index (χ0n) is 21.1. The van der Waals surface area contributed by atoms with E-state index in [1.807, 2.05) is 54.3 Å². The Labute approximate surface area is 195 Å². The fourth-order valence-electron chi connectivity index (χ4n) is 4.04. The quantitative estimate of drug-likeness (QED) is 0.425. The molecule has 0 spiro atoms. The molecule has 1 aliphatic heterocycles. The molecule has 0 saturated carbocycles. The molecule has 6 rings (SSSR count). The molecular weight excluding hydrogens is 416 g/mol. The van der Waals surface area contributed by atoms with Crippen molar-refractivity contribution in [1.82, 2.24) is 34.2 Å². The molecule has 9 heteroatoms. The summed E-state index contributed by atoms with van der Waals surface area (Å²) in [4.78, 5) is 7.06. The van der Waals surface area contributed by atoms with Crippen molar-refractivity contribution in [3.63, 3.8) is 0 Å². The lowest BCUT2D eigenvalue weighted by atomic mass is 10.1. The monoisotopic (exact) mass is 443 g/mol. The number of morpholine rings is 1. The van der Waals surface area contributed by atoms with Gasteiger partial charge in [-0.05, 0) is 25.1 Å². The van der Waals surface area contributed by atoms with Gasteiger partial charge in [0, 0.05) is 54.3 Å². The summed E-state index contributed by atoms with van der Waals surface area (Å²) in [6.07, 6.45) is 3.71. The molecule has 1 aliphatic rings. The zero-order valence-corrected chi connectivity index (χ0v) is 18.1. The Kier molecular flexibility index (Phi) is 3.96. The van der Waals surface area contributed by atoms with Gasteiger partial charge in [0.25, 0.3) is 0 Å². The Morgan fingerprint density at radius 3 is 2.61 bits per heavy atom. The van der Waals surface area contributed by atoms with Crippen molar-refractivity contribution >= 4 is 11.5 Å². The number of nitrogens with zero attached hydrogens (tertiary/aromatic N) is 8. The van der Waals surface area contributed by atoms with Gasteiger partial charge in [0.2, 0.25) is 0 Å². The summed E-state index contributed by atoms with van der Waals surface area (Å²) in [5.41, 5.74) is 3.86. The standard InChI is InChI=1S/C24H24N8O/c1-17-4-3-5-18(14-17)19-7-9-31(27-19)22-16-24(30-10-12-33-13-11-30)32-23(25-22)15-21(28-32)20-6-8-29(2)26-20/h3-9,14-16H,10-13H2,1-2H3/i1D3. The van der Waals surface area contributed by atoms with Crippen LogP contribution in [0.4, 0.5) is 5.82 Å². The van der Waals surface area contributed by atoms with Gasteiger partial charge in [-0.15, -0.1) is 0 Å². The molecule has 0 atom stereocenters. The topological polar surface area (TPSA) is 78.3 Å². The minimum atomic E-state index is -2.18. The molecule has 4 aromatic heterocycles. The van der Waals surface area contributed by atoms with Crippen LogP contribution in [0.1, 0.15) is 9.68 Å². The summed E-state index contributed by atoms with van der Waals surface area (Å²) in [5, 5.41) is 14.0. The number of ether oxygens (including phenoxy) is 1. The van der Waals surface area contributed by atoms with Crippen LogP contribution in [0.15, 0.2) is 60.9 Å². The van der Waals surface area contributed by atoms with Crippen LogP contribution in [0.2, 0.25) is 0 Å². The largest absolute Gasteiger partial charge is 0.378 e. The van der Waals surface area contributed by atoms with Gasteiger partial charge in [0.1, 0.15) is 17.2 Å². The number of aromatic nitrogens is 7. The molecule has 9 nitrogen and oxygen atoms in total. The summed E-state index contributed by atoms with van der Waals surface area (Å²) in [6, 6.07) is 14.5. The SMILES string of the molecule is [2H]C([2H])([2H])c1cccc(-c2ccn(-c3cc(N4CCOCC4)n4nc(-c5ccn(C)n5)cc4n3)n2)c1. The maximum absolute atomic E-state index is 7.71. The van der Waals surface area contributed by atoms with Crippen LogP contribution in [0.25, 0.3) is 34.1 Å². The normalized spacial score (nSPS) is 16.0. The second kappa shape index (κ2) is 7.86. The van der Waals surface area contributed by atoms with E-state index >= 15 is 0 Å². The third-order valence-corrected chi connectivity index (χ3v) is 5.69. The molecular formula is C24H24N8O. The number of hydrogen-bond acceptors (Lipinski definition) is 6. The van der Waals surface area contributed by atoms with Crippen molar-refractivity contribution in [2.45, 2.75) is 6.85 Å². The Morgan fingerprint density at radius 1 is 0.909 bits per heavy atom. The first kappa shape index (κ1) is 16.6. The molecule has 0 bridgehead atoms. The fourth-order valence-corrected chi connectivity index (χ4v) is 4.04. The van der Waals surface area contributed by atoms with Crippen molar-refractivity contribution in [2.75, 3.05) is 31.2 Å². The van der Waals surface area contributed by atoms with Gasteiger partial charge in [0.15, 0.2) is 11.5 Å². The van der Waals surface area contributed by atoms with Crippen LogP contribution in [-0.2, 0) is 11.8 Å². The highest BCUT2D eigenvalue weighted by molar-refractivity contribution is 5.65. The average Bonchev–Trinajstić information content (AvgIpc) is 3.63. The van der Waals surface area contributed by atoms with Crippen molar-refractivity contribution in [1.29, 1.82) is 0 Å². The van der Waals surface area contributed by atoms with E-state index in [2.05, 4.69) is 10.00 Å². The molecule has 0 radical (unpaired) electrons. The molecule has 0 unspecified atom stereocenters. The van der Waals surface area contributed by atoms with Crippen LogP contribution in [-0.4, -0.2) is 60.5 Å². The van der Waals surface area contributed by atoms with Crippen LogP contribution in [0.5, 0.6) is 0 Å². The van der Waals surface area contributed by atoms with Crippen LogP contribution >= 0.6 is 0 Å². The number of rotatable bonds is 4. The highest BCUT2D eigenvalue weighted by atomic mass is 16.5. The maximum atomic E-state index is 7.71. The number of fused-ring (bicyclic) bond motifs is 1. The van der Waals surface area contributed by atoms with Crippen molar-refractivity contribution < 1.29 is 8.85 Å². The molecule has 1 saturated heterocycles. The van der Waals surface area contributed by atoms with E-state index in [1.165, 1.54) is 0 Å². The highest BCUT2D eigenvalue weighted by Gasteiger charge is 2.20. The molecule has 1 aromatic carbocycles. The third-order valence-electron chi connectivity index (χ3n) is 5.69. The lowest BCUT2D eigenvalue weighted by molar-refractivity contribution is 0.122. The summed E-state index contributed by atoms with van der Waals surface area (Å²) in [5.74, 6) is 1.52. The second-order valence-electron chi connectivity index (χ2n) is 7.97. The van der Waals surface area contributed by atoms with E-state index in [-0.39, 0.29) is 5.56 Å². The second-order valence-corrected chi connectivity index (χ2v) is 7.97. The van der Waals surface area contributed by atoms with Gasteiger partial charge >= 0.3 is 0 Å². The van der Waals surface area contributed by atoms with Crippen LogP contribution in [0, 0.1) is 6.85 Å². The van der Waals surface area contributed by atoms with Gasteiger partial charge in [0.05, 0.1) is 18.9 Å². The van der Waals surface area contributed by atoms with Gasteiger partial charge in [-0.1, -0.05) is 23.8 Å². The molecule has 1 fully saturated rings. The van der Waals surface area contributed by atoms with Crippen molar-refractivity contribution in [2.24, 2.45) is 7.05 Å². The number of anilines is 1. The lowest BCUT2D eigenvalue weighted by Crippen LogP contribution is -2.37. The molecule has 0 amide bonds. The zero-order chi connectivity index (χ0) is 24.9. The van der Waals surface area contributed by atoms with Crippen molar-refractivity contribution in [3.8, 4) is 28.5 Å². The van der Waals surface area contributed by atoms with Crippen molar-refractivity contribution in [3.05, 3.63) is 66.5 Å². The predicted octanol–water partition coefficient (Wildman–Crippen LogP) is 3.13. The van der Waals surface area contributed by atoms with E-state index in [0.717, 1.165) is 35.9 Å². The van der Waals surface area contributed by atoms with Gasteiger partial charge in [-0.3, -0.25) is 4.68 Å². The first-order valence-corrected chi connectivity index (χ1v) is 10.8. The Balaban J connectivity index is 1.43. The van der Waals surface area contributed by atoms with Crippen LogP contribution in [0.3, 0.4) is 0 Å². The fraction of sp³-hybridized carbons (Fsp3) is 0.250. The van der Waals surface area contributed by atoms with Gasteiger partial charge in [-0.2, -0.15) is 19.8 Å². The Hall–Kier alpha value is -3.98. The number of benzene rings is 1. The minimum absolute atomic E-state index is 0.282. The molecule has 5 heterocycles. The van der Waals surface area contributed by atoms with E-state index in [0.29, 0.717) is 30.4 Å². The first-order chi connectivity index (χ1) is 17.3. The van der Waals surface area contributed by atoms with Crippen LogP contribution < -0.4 is 4.90 Å². The summed E-state index contributed by atoms with van der Waals surface area (Å²) >= 11 is 0. The minimum Gasteiger partial charge on any atom is -0.378 e. The van der Waals surface area contributed by atoms with Gasteiger partial charge in [-0.25, -0.2) is 9.67 Å². The summed E-state index contributed by atoms with van der Waals surface area (Å²) < 4.78 is 34.0. The molecule has 0 aliphatic carbocycles. The molecule has 33 heavy (non-hydrogen) atoms. The van der Waals surface area contributed by atoms with E-state index in [4.69, 9.17) is 24.0 Å².